The number of halogens is 1. The summed E-state index contributed by atoms with van der Waals surface area (Å²) in [6.07, 6.45) is 0. The van der Waals surface area contributed by atoms with Crippen molar-refractivity contribution in [1.82, 2.24) is 5.32 Å². The lowest BCUT2D eigenvalue weighted by Gasteiger charge is -2.09. The van der Waals surface area contributed by atoms with Crippen LogP contribution in [0.25, 0.3) is 5.70 Å². The Morgan fingerprint density at radius 1 is 1.53 bits per heavy atom. The molecule has 0 aromatic heterocycles. The first-order valence-electron chi connectivity index (χ1n) is 4.83. The normalized spacial score (nSPS) is 10.1. The number of methoxy groups -OCH3 is 1. The Labute approximate surface area is 89.8 Å². The molecule has 0 radical (unpaired) electrons. The summed E-state index contributed by atoms with van der Waals surface area (Å²) in [6.45, 7) is 6.85. The van der Waals surface area contributed by atoms with E-state index in [2.05, 4.69) is 11.9 Å². The van der Waals surface area contributed by atoms with Crippen LogP contribution in [0.4, 0.5) is 4.39 Å². The third-order valence-electron chi connectivity index (χ3n) is 2.16. The molecule has 0 aliphatic rings. The van der Waals surface area contributed by atoms with Crippen molar-refractivity contribution < 1.29 is 9.13 Å². The van der Waals surface area contributed by atoms with Crippen molar-refractivity contribution in [3.05, 3.63) is 41.7 Å². The quantitative estimate of drug-likeness (QED) is 0.751. The highest BCUT2D eigenvalue weighted by Crippen LogP contribution is 2.14. The fourth-order valence-corrected chi connectivity index (χ4v) is 1.19. The van der Waals surface area contributed by atoms with Gasteiger partial charge in [-0.05, 0) is 24.1 Å². The van der Waals surface area contributed by atoms with Gasteiger partial charge in [0, 0.05) is 19.4 Å². The summed E-state index contributed by atoms with van der Waals surface area (Å²) in [5, 5.41) is 3.06. The van der Waals surface area contributed by atoms with Crippen molar-refractivity contribution in [3.63, 3.8) is 0 Å². The van der Waals surface area contributed by atoms with Gasteiger partial charge >= 0.3 is 0 Å². The maximum Gasteiger partial charge on any atom is 0.126 e. The molecule has 0 aliphatic carbocycles. The first kappa shape index (κ1) is 11.7. The fraction of sp³-hybridized carbons (Fsp3) is 0.333. The van der Waals surface area contributed by atoms with Crippen LogP contribution in [0.5, 0.6) is 0 Å². The van der Waals surface area contributed by atoms with Crippen LogP contribution in [-0.2, 0) is 4.74 Å². The standard InChI is InChI=1S/C12H16FNO/c1-9-4-5-11(8-12(9)13)10(2)14-6-7-15-3/h4-5,8,14H,2,6-7H2,1,3H3. The predicted octanol–water partition coefficient (Wildman–Crippen LogP) is 2.34. The Morgan fingerprint density at radius 3 is 2.87 bits per heavy atom. The van der Waals surface area contributed by atoms with Gasteiger partial charge in [0.2, 0.25) is 0 Å². The first-order chi connectivity index (χ1) is 7.15. The second kappa shape index (κ2) is 5.51. The van der Waals surface area contributed by atoms with E-state index in [-0.39, 0.29) is 5.82 Å². The van der Waals surface area contributed by atoms with Crippen molar-refractivity contribution in [2.45, 2.75) is 6.92 Å². The summed E-state index contributed by atoms with van der Waals surface area (Å²) in [6, 6.07) is 5.08. The molecule has 0 bridgehead atoms. The number of hydrogen-bond acceptors (Lipinski definition) is 2. The smallest absolute Gasteiger partial charge is 0.126 e. The van der Waals surface area contributed by atoms with Crippen LogP contribution in [0, 0.1) is 12.7 Å². The number of rotatable bonds is 5. The van der Waals surface area contributed by atoms with Gasteiger partial charge in [0.15, 0.2) is 0 Å². The Bertz CT molecular complexity index is 349. The maximum atomic E-state index is 13.2. The molecule has 0 spiro atoms. The monoisotopic (exact) mass is 209 g/mol. The van der Waals surface area contributed by atoms with Gasteiger partial charge in [-0.3, -0.25) is 0 Å². The predicted molar refractivity (Wildman–Crippen MR) is 60.0 cm³/mol. The minimum Gasteiger partial charge on any atom is -0.383 e. The molecule has 0 aliphatic heterocycles. The van der Waals surface area contributed by atoms with Gasteiger partial charge in [0.05, 0.1) is 6.61 Å². The summed E-state index contributed by atoms with van der Waals surface area (Å²) < 4.78 is 18.1. The molecule has 1 N–H and O–H groups in total. The van der Waals surface area contributed by atoms with E-state index in [4.69, 9.17) is 4.74 Å². The molecular formula is C12H16FNO. The lowest BCUT2D eigenvalue weighted by Crippen LogP contribution is -2.17. The Balaban J connectivity index is 2.62. The number of ether oxygens (including phenoxy) is 1. The van der Waals surface area contributed by atoms with E-state index in [1.807, 2.05) is 6.07 Å². The average molecular weight is 209 g/mol. The van der Waals surface area contributed by atoms with Crippen molar-refractivity contribution in [1.29, 1.82) is 0 Å². The SMILES string of the molecule is C=C(NCCOC)c1ccc(C)c(F)c1. The topological polar surface area (TPSA) is 21.3 Å². The molecule has 0 unspecified atom stereocenters. The third kappa shape index (κ3) is 3.36. The molecule has 0 heterocycles. The van der Waals surface area contributed by atoms with E-state index in [1.54, 1.807) is 20.1 Å². The minimum absolute atomic E-state index is 0.206. The van der Waals surface area contributed by atoms with Crippen LogP contribution in [0.1, 0.15) is 11.1 Å². The van der Waals surface area contributed by atoms with Gasteiger partial charge in [-0.1, -0.05) is 18.7 Å². The Morgan fingerprint density at radius 2 is 2.27 bits per heavy atom. The van der Waals surface area contributed by atoms with Crippen LogP contribution >= 0.6 is 0 Å². The lowest BCUT2D eigenvalue weighted by atomic mass is 10.1. The van der Waals surface area contributed by atoms with Crippen molar-refractivity contribution in [3.8, 4) is 0 Å². The first-order valence-corrected chi connectivity index (χ1v) is 4.83. The zero-order chi connectivity index (χ0) is 11.3. The summed E-state index contributed by atoms with van der Waals surface area (Å²) >= 11 is 0. The van der Waals surface area contributed by atoms with Crippen molar-refractivity contribution in [2.24, 2.45) is 0 Å². The molecule has 0 amide bonds. The van der Waals surface area contributed by atoms with E-state index in [1.165, 1.54) is 6.07 Å². The van der Waals surface area contributed by atoms with E-state index in [9.17, 15) is 4.39 Å². The number of aryl methyl sites for hydroxylation is 1. The van der Waals surface area contributed by atoms with Crippen LogP contribution in [0.3, 0.4) is 0 Å². The van der Waals surface area contributed by atoms with Crippen LogP contribution in [0.15, 0.2) is 24.8 Å². The van der Waals surface area contributed by atoms with E-state index >= 15 is 0 Å². The molecule has 82 valence electrons. The number of hydrogen-bond donors (Lipinski definition) is 1. The summed E-state index contributed by atoms with van der Waals surface area (Å²) in [4.78, 5) is 0. The highest BCUT2D eigenvalue weighted by Gasteiger charge is 2.02. The lowest BCUT2D eigenvalue weighted by molar-refractivity contribution is 0.203. The zero-order valence-electron chi connectivity index (χ0n) is 9.14. The van der Waals surface area contributed by atoms with Gasteiger partial charge in [-0.2, -0.15) is 0 Å². The molecule has 1 aromatic rings. The summed E-state index contributed by atoms with van der Waals surface area (Å²) in [5.74, 6) is -0.206. The molecule has 0 saturated carbocycles. The second-order valence-corrected chi connectivity index (χ2v) is 3.36. The largest absolute Gasteiger partial charge is 0.383 e. The van der Waals surface area contributed by atoms with Crippen LogP contribution < -0.4 is 5.32 Å². The minimum atomic E-state index is -0.206. The van der Waals surface area contributed by atoms with Gasteiger partial charge < -0.3 is 10.1 Å². The maximum absolute atomic E-state index is 13.2. The van der Waals surface area contributed by atoms with E-state index in [0.29, 0.717) is 24.4 Å². The fourth-order valence-electron chi connectivity index (χ4n) is 1.19. The average Bonchev–Trinajstić information content (AvgIpc) is 2.22. The summed E-state index contributed by atoms with van der Waals surface area (Å²) in [5.41, 5.74) is 2.13. The highest BCUT2D eigenvalue weighted by atomic mass is 19.1. The third-order valence-corrected chi connectivity index (χ3v) is 2.16. The zero-order valence-corrected chi connectivity index (χ0v) is 9.14. The molecular weight excluding hydrogens is 193 g/mol. The van der Waals surface area contributed by atoms with E-state index < -0.39 is 0 Å². The molecule has 3 heteroatoms. The van der Waals surface area contributed by atoms with E-state index in [0.717, 1.165) is 5.56 Å². The Kier molecular flexibility index (Phi) is 4.31. The molecule has 0 fully saturated rings. The second-order valence-electron chi connectivity index (χ2n) is 3.36. The van der Waals surface area contributed by atoms with Crippen molar-refractivity contribution in [2.75, 3.05) is 20.3 Å². The number of benzene rings is 1. The van der Waals surface area contributed by atoms with Gasteiger partial charge in [0.1, 0.15) is 5.82 Å². The van der Waals surface area contributed by atoms with Gasteiger partial charge in [0.25, 0.3) is 0 Å². The van der Waals surface area contributed by atoms with Gasteiger partial charge in [-0.25, -0.2) is 4.39 Å². The Hall–Kier alpha value is -1.35. The van der Waals surface area contributed by atoms with Crippen LogP contribution in [0.2, 0.25) is 0 Å². The molecule has 15 heavy (non-hydrogen) atoms. The molecule has 0 saturated heterocycles. The van der Waals surface area contributed by atoms with Crippen LogP contribution in [-0.4, -0.2) is 20.3 Å². The van der Waals surface area contributed by atoms with Crippen molar-refractivity contribution >= 4 is 5.70 Å². The molecule has 1 aromatic carbocycles. The molecule has 2 nitrogen and oxygen atoms in total. The summed E-state index contributed by atoms with van der Waals surface area (Å²) in [7, 11) is 1.63. The highest BCUT2D eigenvalue weighted by molar-refractivity contribution is 5.61. The number of nitrogens with one attached hydrogen (secondary N) is 1. The van der Waals surface area contributed by atoms with Gasteiger partial charge in [-0.15, -0.1) is 0 Å². The molecule has 1 rings (SSSR count). The molecule has 0 atom stereocenters.